The molecule has 1 amide bonds. The lowest BCUT2D eigenvalue weighted by Gasteiger charge is -2.10. The van der Waals surface area contributed by atoms with Gasteiger partial charge < -0.3 is 10.1 Å². The van der Waals surface area contributed by atoms with Gasteiger partial charge in [-0.05, 0) is 24.1 Å². The summed E-state index contributed by atoms with van der Waals surface area (Å²) < 4.78 is 21.9. The Balaban J connectivity index is 1.33. The summed E-state index contributed by atoms with van der Waals surface area (Å²) in [7, 11) is 0. The molecular formula is C22H22FN7O3. The molecule has 0 radical (unpaired) electrons. The fourth-order valence-corrected chi connectivity index (χ4v) is 3.09. The van der Waals surface area contributed by atoms with Gasteiger partial charge in [-0.25, -0.2) is 9.37 Å². The molecule has 0 saturated carbocycles. The van der Waals surface area contributed by atoms with E-state index < -0.39 is 0 Å². The van der Waals surface area contributed by atoms with Crippen LogP contribution in [0.15, 0.2) is 53.6 Å². The fourth-order valence-electron chi connectivity index (χ4n) is 3.09. The van der Waals surface area contributed by atoms with Crippen molar-refractivity contribution in [3.63, 3.8) is 0 Å². The quantitative estimate of drug-likeness (QED) is 0.406. The molecule has 3 aromatic heterocycles. The van der Waals surface area contributed by atoms with Gasteiger partial charge in [0.2, 0.25) is 11.8 Å². The molecule has 4 aromatic rings. The minimum atomic E-state index is -0.388. The van der Waals surface area contributed by atoms with Crippen molar-refractivity contribution in [3.8, 4) is 17.3 Å². The summed E-state index contributed by atoms with van der Waals surface area (Å²) in [6.45, 7) is 4.12. The summed E-state index contributed by atoms with van der Waals surface area (Å²) in [4.78, 5) is 28.4. The number of nitrogens with one attached hydrogen (secondary N) is 1. The van der Waals surface area contributed by atoms with Gasteiger partial charge in [0, 0.05) is 17.7 Å². The van der Waals surface area contributed by atoms with E-state index >= 15 is 0 Å². The first-order chi connectivity index (χ1) is 15.9. The molecule has 10 nitrogen and oxygen atoms in total. The first kappa shape index (κ1) is 22.1. The van der Waals surface area contributed by atoms with Gasteiger partial charge in [-0.3, -0.25) is 14.2 Å². The van der Waals surface area contributed by atoms with Gasteiger partial charge in [0.25, 0.3) is 5.56 Å². The van der Waals surface area contributed by atoms with Crippen molar-refractivity contribution in [1.29, 1.82) is 0 Å². The SMILES string of the molecule is CC(C)c1cc(=O)n(CC(=O)NCCOc2ccc3nnc(-c4cccc(F)c4)n3n2)cn1. The Morgan fingerprint density at radius 1 is 1.18 bits per heavy atom. The van der Waals surface area contributed by atoms with Crippen molar-refractivity contribution >= 4 is 11.6 Å². The van der Waals surface area contributed by atoms with Crippen LogP contribution in [0, 0.1) is 5.82 Å². The van der Waals surface area contributed by atoms with Crippen LogP contribution in [0.25, 0.3) is 17.0 Å². The van der Waals surface area contributed by atoms with E-state index in [9.17, 15) is 14.0 Å². The number of amides is 1. The number of fused-ring (bicyclic) bond motifs is 1. The number of carbonyl (C=O) groups excluding carboxylic acids is 1. The van der Waals surface area contributed by atoms with Crippen molar-refractivity contribution in [2.75, 3.05) is 13.2 Å². The monoisotopic (exact) mass is 451 g/mol. The number of carbonyl (C=O) groups is 1. The van der Waals surface area contributed by atoms with E-state index in [0.29, 0.717) is 28.6 Å². The molecular weight excluding hydrogens is 429 g/mol. The molecule has 1 N–H and O–H groups in total. The van der Waals surface area contributed by atoms with Crippen LogP contribution in [0.4, 0.5) is 4.39 Å². The molecule has 33 heavy (non-hydrogen) atoms. The molecule has 0 bridgehead atoms. The lowest BCUT2D eigenvalue weighted by molar-refractivity contribution is -0.121. The predicted octanol–water partition coefficient (Wildman–Crippen LogP) is 1.81. The maximum absolute atomic E-state index is 13.6. The predicted molar refractivity (Wildman–Crippen MR) is 117 cm³/mol. The maximum atomic E-state index is 13.6. The summed E-state index contributed by atoms with van der Waals surface area (Å²) in [6.07, 6.45) is 1.38. The lowest BCUT2D eigenvalue weighted by atomic mass is 10.1. The summed E-state index contributed by atoms with van der Waals surface area (Å²) in [5.74, 6) is 0.0793. The molecule has 0 atom stereocenters. The van der Waals surface area contributed by atoms with E-state index in [1.54, 1.807) is 24.3 Å². The van der Waals surface area contributed by atoms with Gasteiger partial charge >= 0.3 is 0 Å². The number of rotatable bonds is 8. The summed E-state index contributed by atoms with van der Waals surface area (Å²) >= 11 is 0. The highest BCUT2D eigenvalue weighted by atomic mass is 19.1. The minimum absolute atomic E-state index is 0.133. The first-order valence-corrected chi connectivity index (χ1v) is 10.3. The lowest BCUT2D eigenvalue weighted by Crippen LogP contribution is -2.34. The van der Waals surface area contributed by atoms with Crippen LogP contribution < -0.4 is 15.6 Å². The van der Waals surface area contributed by atoms with E-state index in [1.807, 2.05) is 13.8 Å². The third-order valence-electron chi connectivity index (χ3n) is 4.80. The van der Waals surface area contributed by atoms with E-state index in [0.717, 1.165) is 0 Å². The first-order valence-electron chi connectivity index (χ1n) is 10.3. The molecule has 0 aliphatic rings. The molecule has 1 aromatic carbocycles. The number of hydrogen-bond donors (Lipinski definition) is 1. The fraction of sp³-hybridized carbons (Fsp3) is 0.273. The third kappa shape index (κ3) is 5.20. The van der Waals surface area contributed by atoms with Crippen molar-refractivity contribution in [2.24, 2.45) is 0 Å². The second-order valence-electron chi connectivity index (χ2n) is 7.61. The molecule has 0 aliphatic carbocycles. The second-order valence-corrected chi connectivity index (χ2v) is 7.61. The van der Waals surface area contributed by atoms with Crippen LogP contribution >= 0.6 is 0 Å². The summed E-state index contributed by atoms with van der Waals surface area (Å²) in [5, 5.41) is 15.1. The Morgan fingerprint density at radius 3 is 2.79 bits per heavy atom. The normalized spacial score (nSPS) is 11.2. The summed E-state index contributed by atoms with van der Waals surface area (Å²) in [5.41, 5.74) is 1.42. The third-order valence-corrected chi connectivity index (χ3v) is 4.80. The molecule has 0 unspecified atom stereocenters. The Hall–Kier alpha value is -4.15. The van der Waals surface area contributed by atoms with Gasteiger partial charge in [0.1, 0.15) is 19.0 Å². The molecule has 0 aliphatic heterocycles. The largest absolute Gasteiger partial charge is 0.475 e. The molecule has 11 heteroatoms. The molecule has 4 rings (SSSR count). The topological polar surface area (TPSA) is 116 Å². The van der Waals surface area contributed by atoms with Gasteiger partial charge in [0.15, 0.2) is 11.5 Å². The minimum Gasteiger partial charge on any atom is -0.475 e. The summed E-state index contributed by atoms with van der Waals surface area (Å²) in [6, 6.07) is 10.7. The molecule has 0 spiro atoms. The van der Waals surface area contributed by atoms with E-state index in [-0.39, 0.29) is 42.9 Å². The zero-order valence-electron chi connectivity index (χ0n) is 18.1. The second kappa shape index (κ2) is 9.55. The Labute approximate surface area is 188 Å². The number of aromatic nitrogens is 6. The van der Waals surface area contributed by atoms with Gasteiger partial charge in [-0.1, -0.05) is 26.0 Å². The van der Waals surface area contributed by atoms with E-state index in [1.165, 1.54) is 33.6 Å². The van der Waals surface area contributed by atoms with Crippen LogP contribution in [0.5, 0.6) is 5.88 Å². The average Bonchev–Trinajstić information content (AvgIpc) is 3.21. The van der Waals surface area contributed by atoms with Gasteiger partial charge in [0.05, 0.1) is 18.6 Å². The van der Waals surface area contributed by atoms with Crippen LogP contribution in [0.1, 0.15) is 25.5 Å². The molecule has 170 valence electrons. The highest BCUT2D eigenvalue weighted by Gasteiger charge is 2.12. The van der Waals surface area contributed by atoms with Crippen LogP contribution in [-0.4, -0.2) is 48.4 Å². The van der Waals surface area contributed by atoms with Gasteiger partial charge in [-0.2, -0.15) is 4.52 Å². The van der Waals surface area contributed by atoms with Crippen molar-refractivity contribution < 1.29 is 13.9 Å². The van der Waals surface area contributed by atoms with Crippen molar-refractivity contribution in [2.45, 2.75) is 26.3 Å². The molecule has 0 saturated heterocycles. The smallest absolute Gasteiger partial charge is 0.254 e. The number of hydrogen-bond acceptors (Lipinski definition) is 7. The number of ether oxygens (including phenoxy) is 1. The van der Waals surface area contributed by atoms with E-state index in [2.05, 4.69) is 25.6 Å². The van der Waals surface area contributed by atoms with Crippen LogP contribution in [0.2, 0.25) is 0 Å². The van der Waals surface area contributed by atoms with Crippen LogP contribution in [-0.2, 0) is 11.3 Å². The van der Waals surface area contributed by atoms with E-state index in [4.69, 9.17) is 4.74 Å². The highest BCUT2D eigenvalue weighted by Crippen LogP contribution is 2.19. The molecule has 0 fully saturated rings. The zero-order chi connectivity index (χ0) is 23.4. The van der Waals surface area contributed by atoms with Crippen LogP contribution in [0.3, 0.4) is 0 Å². The van der Waals surface area contributed by atoms with Gasteiger partial charge in [-0.15, -0.1) is 15.3 Å². The Kier molecular flexibility index (Phi) is 6.38. The molecule has 3 heterocycles. The van der Waals surface area contributed by atoms with Crippen molar-refractivity contribution in [1.82, 2.24) is 34.7 Å². The highest BCUT2D eigenvalue weighted by molar-refractivity contribution is 5.75. The standard InChI is InChI=1S/C22H22FN7O3/c1-14(2)17-11-21(32)29(13-25-17)12-19(31)24-8-9-33-20-7-6-18-26-27-22(30(18)28-20)15-4-3-5-16(23)10-15/h3-7,10-11,13-14H,8-9,12H2,1-2H3,(H,24,31). The maximum Gasteiger partial charge on any atom is 0.254 e. The Morgan fingerprint density at radius 2 is 2.03 bits per heavy atom. The average molecular weight is 451 g/mol. The number of halogens is 1. The Bertz CT molecular complexity index is 1350. The number of nitrogens with zero attached hydrogens (tertiary/aromatic N) is 6. The zero-order valence-corrected chi connectivity index (χ0v) is 18.1. The number of benzene rings is 1. The van der Waals surface area contributed by atoms with Crippen molar-refractivity contribution in [3.05, 3.63) is 70.7 Å².